The lowest BCUT2D eigenvalue weighted by atomic mass is 10.1. The van der Waals surface area contributed by atoms with Gasteiger partial charge in [0, 0.05) is 18.9 Å². The number of ether oxygens (including phenoxy) is 2. The van der Waals surface area contributed by atoms with E-state index in [9.17, 15) is 0 Å². The van der Waals surface area contributed by atoms with Crippen molar-refractivity contribution in [1.29, 1.82) is 0 Å². The van der Waals surface area contributed by atoms with E-state index in [0.29, 0.717) is 6.61 Å². The van der Waals surface area contributed by atoms with Crippen LogP contribution in [-0.2, 0) is 10.1 Å². The molecule has 0 radical (unpaired) electrons. The van der Waals surface area contributed by atoms with E-state index in [1.165, 1.54) is 5.56 Å². The predicted molar refractivity (Wildman–Crippen MR) is 85.7 cm³/mol. The average Bonchev–Trinajstić information content (AvgIpc) is 2.32. The summed E-state index contributed by atoms with van der Waals surface area (Å²) >= 11 is 10.5. The summed E-state index contributed by atoms with van der Waals surface area (Å²) in [6, 6.07) is 4.10. The van der Waals surface area contributed by atoms with Crippen molar-refractivity contribution in [2.24, 2.45) is 0 Å². The van der Waals surface area contributed by atoms with Crippen LogP contribution in [0.4, 0.5) is 0 Å². The molecule has 0 saturated heterocycles. The van der Waals surface area contributed by atoms with Gasteiger partial charge in [0.15, 0.2) is 0 Å². The van der Waals surface area contributed by atoms with Gasteiger partial charge >= 0.3 is 0 Å². The van der Waals surface area contributed by atoms with Crippen LogP contribution < -0.4 is 4.74 Å². The van der Waals surface area contributed by atoms with Crippen LogP contribution in [0.3, 0.4) is 0 Å². The van der Waals surface area contributed by atoms with Crippen LogP contribution in [0.2, 0.25) is 0 Å². The molecular weight excluding hydrogens is 428 g/mol. The fourth-order valence-electron chi connectivity index (χ4n) is 1.33. The molecule has 0 amide bonds. The van der Waals surface area contributed by atoms with Crippen LogP contribution in [0, 0.1) is 0 Å². The van der Waals surface area contributed by atoms with E-state index in [4.69, 9.17) is 9.47 Å². The molecule has 0 fully saturated rings. The predicted octanol–water partition coefficient (Wildman–Crippen LogP) is 5.30. The summed E-state index contributed by atoms with van der Waals surface area (Å²) in [5.74, 6) is 0.839. The Bertz CT molecular complexity index is 382. The van der Waals surface area contributed by atoms with Gasteiger partial charge in [0.2, 0.25) is 0 Å². The standard InChI is InChI=1S/C13H17Br3O2/c1-13(2,17-3)4-5-18-12-10(15)6-9(8-14)7-11(12)16/h6-7H,4-5,8H2,1-3H3. The Kier molecular flexibility index (Phi) is 6.65. The van der Waals surface area contributed by atoms with Gasteiger partial charge in [-0.15, -0.1) is 0 Å². The second kappa shape index (κ2) is 7.27. The lowest BCUT2D eigenvalue weighted by molar-refractivity contribution is 0.00533. The first-order valence-corrected chi connectivity index (χ1v) is 8.32. The third-order valence-electron chi connectivity index (χ3n) is 2.72. The third-order valence-corrected chi connectivity index (χ3v) is 4.54. The number of methoxy groups -OCH3 is 1. The minimum Gasteiger partial charge on any atom is -0.491 e. The molecule has 0 bridgehead atoms. The van der Waals surface area contributed by atoms with E-state index in [0.717, 1.165) is 26.4 Å². The largest absolute Gasteiger partial charge is 0.491 e. The van der Waals surface area contributed by atoms with Gasteiger partial charge in [-0.05, 0) is 63.4 Å². The molecule has 0 N–H and O–H groups in total. The second-order valence-corrected chi connectivity index (χ2v) is 6.85. The normalized spacial score (nSPS) is 11.7. The second-order valence-electron chi connectivity index (χ2n) is 4.58. The summed E-state index contributed by atoms with van der Waals surface area (Å²) in [5.41, 5.74) is 1.03. The minimum absolute atomic E-state index is 0.158. The van der Waals surface area contributed by atoms with E-state index in [2.05, 4.69) is 59.9 Å². The molecule has 1 aromatic carbocycles. The Morgan fingerprint density at radius 2 is 1.72 bits per heavy atom. The molecule has 18 heavy (non-hydrogen) atoms. The van der Waals surface area contributed by atoms with E-state index in [1.807, 2.05) is 13.8 Å². The number of halogens is 3. The van der Waals surface area contributed by atoms with Gasteiger partial charge in [0.1, 0.15) is 5.75 Å². The topological polar surface area (TPSA) is 18.5 Å². The SMILES string of the molecule is COC(C)(C)CCOc1c(Br)cc(CBr)cc1Br. The van der Waals surface area contributed by atoms with Crippen LogP contribution in [-0.4, -0.2) is 19.3 Å². The van der Waals surface area contributed by atoms with Crippen molar-refractivity contribution in [3.63, 3.8) is 0 Å². The Hall–Kier alpha value is 0.420. The fraction of sp³-hybridized carbons (Fsp3) is 0.538. The summed E-state index contributed by atoms with van der Waals surface area (Å²) < 4.78 is 13.1. The summed E-state index contributed by atoms with van der Waals surface area (Å²) in [5, 5.41) is 0.821. The Morgan fingerprint density at radius 3 is 2.17 bits per heavy atom. The third kappa shape index (κ3) is 4.83. The van der Waals surface area contributed by atoms with Crippen LogP contribution in [0.25, 0.3) is 0 Å². The van der Waals surface area contributed by atoms with Crippen molar-refractivity contribution >= 4 is 47.8 Å². The monoisotopic (exact) mass is 442 g/mol. The molecule has 0 aromatic heterocycles. The van der Waals surface area contributed by atoms with Crippen molar-refractivity contribution in [1.82, 2.24) is 0 Å². The smallest absolute Gasteiger partial charge is 0.147 e. The quantitative estimate of drug-likeness (QED) is 0.554. The van der Waals surface area contributed by atoms with Crippen molar-refractivity contribution in [2.45, 2.75) is 31.2 Å². The average molecular weight is 445 g/mol. The van der Waals surface area contributed by atoms with Crippen molar-refractivity contribution in [3.8, 4) is 5.75 Å². The minimum atomic E-state index is -0.158. The first-order chi connectivity index (χ1) is 8.39. The molecule has 2 nitrogen and oxygen atoms in total. The van der Waals surface area contributed by atoms with Gasteiger partial charge in [-0.1, -0.05) is 15.9 Å². The molecule has 5 heteroatoms. The van der Waals surface area contributed by atoms with Crippen LogP contribution in [0.15, 0.2) is 21.1 Å². The van der Waals surface area contributed by atoms with Crippen LogP contribution >= 0.6 is 47.8 Å². The summed E-state index contributed by atoms with van der Waals surface area (Å²) in [7, 11) is 1.72. The first-order valence-electron chi connectivity index (χ1n) is 5.61. The molecule has 0 spiro atoms. The summed E-state index contributed by atoms with van der Waals surface area (Å²) in [6.07, 6.45) is 0.836. The Labute approximate surface area is 134 Å². The summed E-state index contributed by atoms with van der Waals surface area (Å²) in [6.45, 7) is 4.72. The number of hydrogen-bond acceptors (Lipinski definition) is 2. The Morgan fingerprint density at radius 1 is 1.17 bits per heavy atom. The van der Waals surface area contributed by atoms with Gasteiger partial charge in [-0.3, -0.25) is 0 Å². The fourth-order valence-corrected chi connectivity index (χ4v) is 3.16. The number of rotatable bonds is 6. The molecule has 1 aromatic rings. The van der Waals surface area contributed by atoms with Crippen molar-refractivity contribution in [3.05, 3.63) is 26.6 Å². The highest BCUT2D eigenvalue weighted by Gasteiger charge is 2.17. The van der Waals surface area contributed by atoms with Gasteiger partial charge in [-0.25, -0.2) is 0 Å². The zero-order valence-electron chi connectivity index (χ0n) is 10.7. The molecule has 0 atom stereocenters. The maximum atomic E-state index is 5.82. The van der Waals surface area contributed by atoms with E-state index >= 15 is 0 Å². The first kappa shape index (κ1) is 16.5. The maximum absolute atomic E-state index is 5.82. The highest BCUT2D eigenvalue weighted by atomic mass is 79.9. The maximum Gasteiger partial charge on any atom is 0.147 e. The van der Waals surface area contributed by atoms with E-state index in [-0.39, 0.29) is 5.60 Å². The molecule has 0 aliphatic rings. The van der Waals surface area contributed by atoms with Gasteiger partial charge in [0.25, 0.3) is 0 Å². The van der Waals surface area contributed by atoms with Gasteiger partial charge in [0.05, 0.1) is 21.2 Å². The Balaban J connectivity index is 2.68. The highest BCUT2D eigenvalue weighted by Crippen LogP contribution is 2.35. The molecule has 0 aliphatic carbocycles. The molecule has 0 heterocycles. The molecule has 102 valence electrons. The molecule has 0 unspecified atom stereocenters. The van der Waals surface area contributed by atoms with Crippen LogP contribution in [0.1, 0.15) is 25.8 Å². The highest BCUT2D eigenvalue weighted by molar-refractivity contribution is 9.11. The molecule has 0 saturated carbocycles. The molecule has 0 aliphatic heterocycles. The number of benzene rings is 1. The van der Waals surface area contributed by atoms with Crippen molar-refractivity contribution in [2.75, 3.05) is 13.7 Å². The zero-order chi connectivity index (χ0) is 13.8. The lowest BCUT2D eigenvalue weighted by Crippen LogP contribution is -2.25. The van der Waals surface area contributed by atoms with E-state index < -0.39 is 0 Å². The number of alkyl halides is 1. The van der Waals surface area contributed by atoms with E-state index in [1.54, 1.807) is 7.11 Å². The number of hydrogen-bond donors (Lipinski definition) is 0. The zero-order valence-corrected chi connectivity index (χ0v) is 15.5. The molecular formula is C13H17Br3O2. The van der Waals surface area contributed by atoms with Crippen LogP contribution in [0.5, 0.6) is 5.75 Å². The van der Waals surface area contributed by atoms with Crippen molar-refractivity contribution < 1.29 is 9.47 Å². The van der Waals surface area contributed by atoms with Gasteiger partial charge < -0.3 is 9.47 Å². The van der Waals surface area contributed by atoms with Gasteiger partial charge in [-0.2, -0.15) is 0 Å². The molecule has 1 rings (SSSR count). The summed E-state index contributed by atoms with van der Waals surface area (Å²) in [4.78, 5) is 0. The lowest BCUT2D eigenvalue weighted by Gasteiger charge is -2.23.